The van der Waals surface area contributed by atoms with Crippen molar-refractivity contribution in [2.24, 2.45) is 5.14 Å². The average molecular weight is 394 g/mol. The Kier molecular flexibility index (Phi) is 4.42. The van der Waals surface area contributed by atoms with Crippen LogP contribution >= 0.6 is 0 Å². The molecule has 8 heteroatoms. The summed E-state index contributed by atoms with van der Waals surface area (Å²) in [6.45, 7) is 0. The third kappa shape index (κ3) is 3.78. The highest BCUT2D eigenvalue weighted by molar-refractivity contribution is 7.84. The lowest BCUT2D eigenvalue weighted by Crippen LogP contribution is -2.18. The van der Waals surface area contributed by atoms with Crippen LogP contribution in [0.25, 0.3) is 17.3 Å². The second-order valence-corrected chi connectivity index (χ2v) is 7.16. The Labute approximate surface area is 161 Å². The van der Waals surface area contributed by atoms with E-state index in [1.165, 1.54) is 18.2 Å². The van der Waals surface area contributed by atoms with Crippen molar-refractivity contribution in [2.45, 2.75) is 0 Å². The number of aromatic nitrogens is 1. The topological polar surface area (TPSA) is 109 Å². The van der Waals surface area contributed by atoms with Crippen LogP contribution in [-0.4, -0.2) is 19.2 Å². The number of benzene rings is 2. The number of carbonyl (C=O) groups excluding carboxylic acids is 1. The van der Waals surface area contributed by atoms with Crippen LogP contribution in [0.2, 0.25) is 0 Å². The fourth-order valence-electron chi connectivity index (χ4n) is 2.79. The SMILES string of the molecule is NS(=O)(=O)Oc1ccc2c(c1)O/C(=C\c1ccc(-c3ccccn3)cc1)C2=O. The molecule has 0 bridgehead atoms. The minimum absolute atomic E-state index is 0.0324. The van der Waals surface area contributed by atoms with E-state index in [2.05, 4.69) is 9.17 Å². The fraction of sp³-hybridized carbons (Fsp3) is 0. The Morgan fingerprint density at radius 3 is 2.50 bits per heavy atom. The summed E-state index contributed by atoms with van der Waals surface area (Å²) in [7, 11) is -4.16. The highest BCUT2D eigenvalue weighted by Crippen LogP contribution is 2.35. The van der Waals surface area contributed by atoms with E-state index >= 15 is 0 Å². The second kappa shape index (κ2) is 6.91. The number of pyridine rings is 1. The molecule has 0 radical (unpaired) electrons. The molecule has 28 heavy (non-hydrogen) atoms. The van der Waals surface area contributed by atoms with Crippen molar-refractivity contribution in [3.05, 3.63) is 83.7 Å². The monoisotopic (exact) mass is 394 g/mol. The summed E-state index contributed by atoms with van der Waals surface area (Å²) in [6.07, 6.45) is 3.34. The summed E-state index contributed by atoms with van der Waals surface area (Å²) in [5.41, 5.74) is 2.90. The van der Waals surface area contributed by atoms with Crippen molar-refractivity contribution in [3.8, 4) is 22.8 Å². The smallest absolute Gasteiger partial charge is 0.380 e. The molecule has 7 nitrogen and oxygen atoms in total. The van der Waals surface area contributed by atoms with Crippen LogP contribution in [-0.2, 0) is 10.3 Å². The van der Waals surface area contributed by atoms with Crippen LogP contribution in [0, 0.1) is 0 Å². The van der Waals surface area contributed by atoms with Crippen LogP contribution < -0.4 is 14.1 Å². The molecule has 0 amide bonds. The number of fused-ring (bicyclic) bond motifs is 1. The summed E-state index contributed by atoms with van der Waals surface area (Å²) in [4.78, 5) is 16.8. The van der Waals surface area contributed by atoms with Gasteiger partial charge in [-0.15, -0.1) is 0 Å². The lowest BCUT2D eigenvalue weighted by Gasteiger charge is -2.04. The quantitative estimate of drug-likeness (QED) is 0.682. The van der Waals surface area contributed by atoms with Gasteiger partial charge in [0, 0.05) is 17.8 Å². The van der Waals surface area contributed by atoms with Gasteiger partial charge in [0.05, 0.1) is 11.3 Å². The van der Waals surface area contributed by atoms with Crippen molar-refractivity contribution < 1.29 is 22.1 Å². The van der Waals surface area contributed by atoms with E-state index in [4.69, 9.17) is 9.88 Å². The molecule has 2 N–H and O–H groups in total. The third-order valence-corrected chi connectivity index (χ3v) is 4.45. The summed E-state index contributed by atoms with van der Waals surface area (Å²) >= 11 is 0. The normalized spacial score (nSPS) is 14.6. The lowest BCUT2D eigenvalue weighted by atomic mass is 10.1. The molecular formula is C20H14N2O5S. The number of allylic oxidation sites excluding steroid dienone is 1. The van der Waals surface area contributed by atoms with E-state index in [1.807, 2.05) is 42.5 Å². The van der Waals surface area contributed by atoms with Crippen LogP contribution in [0.15, 0.2) is 72.6 Å². The van der Waals surface area contributed by atoms with Crippen LogP contribution in [0.4, 0.5) is 0 Å². The molecule has 0 spiro atoms. The van der Waals surface area contributed by atoms with Crippen LogP contribution in [0.5, 0.6) is 11.5 Å². The Hall–Kier alpha value is -3.49. The number of hydrogen-bond donors (Lipinski definition) is 1. The molecule has 0 aliphatic carbocycles. The van der Waals surface area contributed by atoms with Gasteiger partial charge in [-0.3, -0.25) is 9.78 Å². The van der Waals surface area contributed by atoms with Crippen LogP contribution in [0.1, 0.15) is 15.9 Å². The molecule has 0 unspecified atom stereocenters. The van der Waals surface area contributed by atoms with Crippen molar-refractivity contribution in [1.29, 1.82) is 0 Å². The maximum absolute atomic E-state index is 12.5. The highest BCUT2D eigenvalue weighted by atomic mass is 32.2. The minimum Gasteiger partial charge on any atom is -0.452 e. The molecule has 4 rings (SSSR count). The molecule has 2 heterocycles. The Morgan fingerprint density at radius 2 is 1.82 bits per heavy atom. The zero-order valence-electron chi connectivity index (χ0n) is 14.4. The average Bonchev–Trinajstić information content (AvgIpc) is 2.97. The molecule has 1 aliphatic rings. The van der Waals surface area contributed by atoms with Gasteiger partial charge in [-0.05, 0) is 35.9 Å². The van der Waals surface area contributed by atoms with Gasteiger partial charge < -0.3 is 8.92 Å². The first-order chi connectivity index (χ1) is 13.4. The summed E-state index contributed by atoms with van der Waals surface area (Å²) in [5, 5.41) is 4.85. The van der Waals surface area contributed by atoms with Gasteiger partial charge in [0.15, 0.2) is 5.76 Å². The molecule has 0 fully saturated rings. The zero-order chi connectivity index (χ0) is 19.7. The van der Waals surface area contributed by atoms with E-state index in [0.29, 0.717) is 5.56 Å². The van der Waals surface area contributed by atoms with Gasteiger partial charge in [0.1, 0.15) is 11.5 Å². The first kappa shape index (κ1) is 17.9. The number of rotatable bonds is 4. The van der Waals surface area contributed by atoms with Gasteiger partial charge in [0.25, 0.3) is 0 Å². The van der Waals surface area contributed by atoms with Gasteiger partial charge in [-0.25, -0.2) is 0 Å². The van der Waals surface area contributed by atoms with E-state index in [-0.39, 0.29) is 23.0 Å². The largest absolute Gasteiger partial charge is 0.452 e. The number of hydrogen-bond acceptors (Lipinski definition) is 6. The molecule has 1 aromatic heterocycles. The molecule has 2 aromatic carbocycles. The van der Waals surface area contributed by atoms with E-state index in [9.17, 15) is 13.2 Å². The summed E-state index contributed by atoms with van der Waals surface area (Å²) < 4.78 is 32.2. The maximum atomic E-state index is 12.5. The van der Waals surface area contributed by atoms with Crippen molar-refractivity contribution >= 4 is 22.2 Å². The Morgan fingerprint density at radius 1 is 1.04 bits per heavy atom. The third-order valence-electron chi connectivity index (χ3n) is 4.02. The molecule has 3 aromatic rings. The Bertz CT molecular complexity index is 1190. The van der Waals surface area contributed by atoms with Crippen molar-refractivity contribution in [1.82, 2.24) is 4.98 Å². The fourth-order valence-corrected chi connectivity index (χ4v) is 3.16. The van der Waals surface area contributed by atoms with Crippen LogP contribution in [0.3, 0.4) is 0 Å². The minimum atomic E-state index is -4.16. The second-order valence-electron chi connectivity index (χ2n) is 6.01. The van der Waals surface area contributed by atoms with Gasteiger partial charge in [-0.2, -0.15) is 13.6 Å². The zero-order valence-corrected chi connectivity index (χ0v) is 15.2. The van der Waals surface area contributed by atoms with E-state index in [1.54, 1.807) is 12.3 Å². The lowest BCUT2D eigenvalue weighted by molar-refractivity contribution is 0.101. The van der Waals surface area contributed by atoms with Gasteiger partial charge in [0.2, 0.25) is 5.78 Å². The van der Waals surface area contributed by atoms with E-state index < -0.39 is 10.3 Å². The number of nitrogens with zero attached hydrogens (tertiary/aromatic N) is 1. The first-order valence-corrected chi connectivity index (χ1v) is 9.68. The molecule has 0 atom stereocenters. The van der Waals surface area contributed by atoms with Gasteiger partial charge >= 0.3 is 10.3 Å². The predicted molar refractivity (Wildman–Crippen MR) is 103 cm³/mol. The van der Waals surface area contributed by atoms with E-state index in [0.717, 1.165) is 16.8 Å². The highest BCUT2D eigenvalue weighted by Gasteiger charge is 2.28. The van der Waals surface area contributed by atoms with Crippen molar-refractivity contribution in [3.63, 3.8) is 0 Å². The maximum Gasteiger partial charge on any atom is 0.380 e. The number of Topliss-reactive ketones (excluding diaryl/α,β-unsaturated/α-hetero) is 1. The number of ether oxygens (including phenoxy) is 1. The molecule has 140 valence electrons. The number of ketones is 1. The van der Waals surface area contributed by atoms with Crippen molar-refractivity contribution in [2.75, 3.05) is 0 Å². The number of nitrogens with two attached hydrogens (primary N) is 1. The molecular weight excluding hydrogens is 380 g/mol. The Balaban J connectivity index is 1.58. The molecule has 1 aliphatic heterocycles. The summed E-state index contributed by atoms with van der Waals surface area (Å²) in [5.74, 6) is 0.0109. The summed E-state index contributed by atoms with van der Waals surface area (Å²) in [6, 6.07) is 17.3. The first-order valence-electron chi connectivity index (χ1n) is 8.21. The molecule has 0 saturated heterocycles. The molecule has 0 saturated carbocycles. The standard InChI is InChI=1S/C20H14N2O5S/c21-28(24,25)27-15-8-9-16-18(12-15)26-19(20(16)23)11-13-4-6-14(7-5-13)17-3-1-2-10-22-17/h1-12H,(H2,21,24,25)/b19-11-. The van der Waals surface area contributed by atoms with Gasteiger partial charge in [-0.1, -0.05) is 30.3 Å². The number of carbonyl (C=O) groups is 1. The predicted octanol–water partition coefficient (Wildman–Crippen LogP) is 2.95.